The molecule has 106 valence electrons. The molecule has 0 aliphatic rings. The van der Waals surface area contributed by atoms with E-state index >= 15 is 0 Å². The van der Waals surface area contributed by atoms with Gasteiger partial charge in [-0.3, -0.25) is 0 Å². The van der Waals surface area contributed by atoms with E-state index in [2.05, 4.69) is 16.0 Å². The summed E-state index contributed by atoms with van der Waals surface area (Å²) in [4.78, 5) is 23.1. The fourth-order valence-corrected chi connectivity index (χ4v) is 1.53. The molecule has 0 fully saturated rings. The number of rotatable bonds is 6. The molecule has 0 bridgehead atoms. The van der Waals surface area contributed by atoms with E-state index in [1.807, 2.05) is 30.3 Å². The quantitative estimate of drug-likeness (QED) is 0.636. The van der Waals surface area contributed by atoms with E-state index in [0.717, 1.165) is 5.56 Å². The zero-order valence-corrected chi connectivity index (χ0v) is 11.3. The molecule has 5 heteroatoms. The second-order valence-electron chi connectivity index (χ2n) is 4.02. The molecule has 1 N–H and O–H groups in total. The number of hydrogen-bond donors (Lipinski definition) is 1. The Labute approximate surface area is 118 Å². The maximum atomic E-state index is 11.6. The van der Waals surface area contributed by atoms with Crippen LogP contribution in [-0.4, -0.2) is 25.2 Å². The number of benzene rings is 1. The molecular weight excluding hydrogens is 258 g/mol. The van der Waals surface area contributed by atoms with Gasteiger partial charge < -0.3 is 14.8 Å². The lowest BCUT2D eigenvalue weighted by molar-refractivity contribution is -0.143. The molecule has 20 heavy (non-hydrogen) atoms. The normalized spacial score (nSPS) is 11.0. The predicted molar refractivity (Wildman–Crippen MR) is 73.6 cm³/mol. The number of esters is 1. The SMILES string of the molecule is C#CCC[C@H](NC(=O)OCc1ccccc1)C(=O)OC. The standard InChI is InChI=1S/C15H17NO4/c1-3-4-10-13(14(17)19-2)16-15(18)20-11-12-8-6-5-7-9-12/h1,5-9,13H,4,10-11H2,2H3,(H,16,18)/t13-/m0/s1. The molecule has 1 aromatic carbocycles. The zero-order valence-electron chi connectivity index (χ0n) is 11.3. The molecule has 0 saturated carbocycles. The van der Waals surface area contributed by atoms with Crippen molar-refractivity contribution in [3.05, 3.63) is 35.9 Å². The number of alkyl carbamates (subject to hydrolysis) is 1. The van der Waals surface area contributed by atoms with E-state index in [9.17, 15) is 9.59 Å². The Morgan fingerprint density at radius 3 is 2.65 bits per heavy atom. The van der Waals surface area contributed by atoms with Crippen LogP contribution in [-0.2, 0) is 20.9 Å². The molecule has 0 saturated heterocycles. The number of ether oxygens (including phenoxy) is 2. The van der Waals surface area contributed by atoms with Gasteiger partial charge in [-0.15, -0.1) is 12.3 Å². The number of methoxy groups -OCH3 is 1. The summed E-state index contributed by atoms with van der Waals surface area (Å²) in [6.07, 6.45) is 5.13. The van der Waals surface area contributed by atoms with Crippen molar-refractivity contribution in [2.45, 2.75) is 25.5 Å². The lowest BCUT2D eigenvalue weighted by Gasteiger charge is -2.15. The van der Waals surface area contributed by atoms with Crippen molar-refractivity contribution in [2.75, 3.05) is 7.11 Å². The van der Waals surface area contributed by atoms with Gasteiger partial charge in [0, 0.05) is 6.42 Å². The maximum Gasteiger partial charge on any atom is 0.408 e. The van der Waals surface area contributed by atoms with Gasteiger partial charge in [0.05, 0.1) is 7.11 Å². The molecular formula is C15H17NO4. The number of carbonyl (C=O) groups excluding carboxylic acids is 2. The van der Waals surface area contributed by atoms with E-state index in [4.69, 9.17) is 11.2 Å². The molecule has 0 heterocycles. The Kier molecular flexibility index (Phi) is 6.69. The summed E-state index contributed by atoms with van der Waals surface area (Å²) in [5, 5.41) is 2.44. The molecule has 1 aromatic rings. The van der Waals surface area contributed by atoms with E-state index in [0.29, 0.717) is 12.8 Å². The topological polar surface area (TPSA) is 64.6 Å². The summed E-state index contributed by atoms with van der Waals surface area (Å²) >= 11 is 0. The number of terminal acetylenes is 1. The summed E-state index contributed by atoms with van der Waals surface area (Å²) in [6.45, 7) is 0.135. The highest BCUT2D eigenvalue weighted by atomic mass is 16.6. The highest BCUT2D eigenvalue weighted by molar-refractivity contribution is 5.81. The van der Waals surface area contributed by atoms with Crippen LogP contribution in [0.3, 0.4) is 0 Å². The average Bonchev–Trinajstić information content (AvgIpc) is 2.49. The molecule has 0 radical (unpaired) electrons. The molecule has 0 aromatic heterocycles. The van der Waals surface area contributed by atoms with Crippen LogP contribution in [0.15, 0.2) is 30.3 Å². The monoisotopic (exact) mass is 275 g/mol. The second kappa shape index (κ2) is 8.59. The summed E-state index contributed by atoms with van der Waals surface area (Å²) in [6, 6.07) is 8.45. The predicted octanol–water partition coefficient (Wildman–Crippen LogP) is 1.87. The third-order valence-corrected chi connectivity index (χ3v) is 2.57. The Balaban J connectivity index is 2.45. The summed E-state index contributed by atoms with van der Waals surface area (Å²) in [5.41, 5.74) is 0.862. The first-order chi connectivity index (χ1) is 9.67. The first-order valence-corrected chi connectivity index (χ1v) is 6.16. The number of carbonyl (C=O) groups is 2. The van der Waals surface area contributed by atoms with E-state index in [1.165, 1.54) is 7.11 Å². The Bertz CT molecular complexity index is 478. The first-order valence-electron chi connectivity index (χ1n) is 6.16. The second-order valence-corrected chi connectivity index (χ2v) is 4.02. The van der Waals surface area contributed by atoms with Crippen molar-refractivity contribution in [2.24, 2.45) is 0 Å². The highest BCUT2D eigenvalue weighted by Crippen LogP contribution is 2.03. The van der Waals surface area contributed by atoms with Gasteiger partial charge >= 0.3 is 12.1 Å². The van der Waals surface area contributed by atoms with Crippen LogP contribution < -0.4 is 5.32 Å². The van der Waals surface area contributed by atoms with Crippen molar-refractivity contribution in [3.63, 3.8) is 0 Å². The van der Waals surface area contributed by atoms with Crippen LogP contribution in [0.5, 0.6) is 0 Å². The van der Waals surface area contributed by atoms with Crippen LogP contribution in [0, 0.1) is 12.3 Å². The lowest BCUT2D eigenvalue weighted by Crippen LogP contribution is -2.41. The Morgan fingerprint density at radius 1 is 1.35 bits per heavy atom. The maximum absolute atomic E-state index is 11.6. The number of amides is 1. The summed E-state index contributed by atoms with van der Waals surface area (Å²) in [5.74, 6) is 1.86. The van der Waals surface area contributed by atoms with Gasteiger partial charge in [-0.25, -0.2) is 9.59 Å². The smallest absolute Gasteiger partial charge is 0.408 e. The van der Waals surface area contributed by atoms with Gasteiger partial charge in [0.25, 0.3) is 0 Å². The summed E-state index contributed by atoms with van der Waals surface area (Å²) < 4.78 is 9.62. The summed E-state index contributed by atoms with van der Waals surface area (Å²) in [7, 11) is 1.25. The Morgan fingerprint density at radius 2 is 2.05 bits per heavy atom. The number of hydrogen-bond acceptors (Lipinski definition) is 4. The molecule has 5 nitrogen and oxygen atoms in total. The van der Waals surface area contributed by atoms with Gasteiger partial charge in [-0.2, -0.15) is 0 Å². The van der Waals surface area contributed by atoms with E-state index in [-0.39, 0.29) is 6.61 Å². The van der Waals surface area contributed by atoms with Gasteiger partial charge in [0.2, 0.25) is 0 Å². The van der Waals surface area contributed by atoms with Crippen molar-refractivity contribution in [1.82, 2.24) is 5.32 Å². The molecule has 0 aliphatic heterocycles. The first kappa shape index (κ1) is 15.6. The zero-order chi connectivity index (χ0) is 14.8. The number of nitrogens with one attached hydrogen (secondary N) is 1. The molecule has 1 rings (SSSR count). The molecule has 0 spiro atoms. The van der Waals surface area contributed by atoms with Crippen LogP contribution in [0.1, 0.15) is 18.4 Å². The Hall–Kier alpha value is -2.48. The van der Waals surface area contributed by atoms with Gasteiger partial charge in [-0.05, 0) is 12.0 Å². The van der Waals surface area contributed by atoms with Crippen molar-refractivity contribution >= 4 is 12.1 Å². The van der Waals surface area contributed by atoms with Crippen LogP contribution in [0.4, 0.5) is 4.79 Å². The van der Waals surface area contributed by atoms with Crippen LogP contribution >= 0.6 is 0 Å². The average molecular weight is 275 g/mol. The highest BCUT2D eigenvalue weighted by Gasteiger charge is 2.21. The molecule has 0 aliphatic carbocycles. The lowest BCUT2D eigenvalue weighted by atomic mass is 10.1. The van der Waals surface area contributed by atoms with Gasteiger partial charge in [-0.1, -0.05) is 30.3 Å². The van der Waals surface area contributed by atoms with E-state index < -0.39 is 18.1 Å². The van der Waals surface area contributed by atoms with Crippen LogP contribution in [0.2, 0.25) is 0 Å². The fraction of sp³-hybridized carbons (Fsp3) is 0.333. The van der Waals surface area contributed by atoms with Crippen molar-refractivity contribution in [1.29, 1.82) is 0 Å². The fourth-order valence-electron chi connectivity index (χ4n) is 1.53. The minimum absolute atomic E-state index is 0.135. The molecule has 1 amide bonds. The van der Waals surface area contributed by atoms with Crippen LogP contribution in [0.25, 0.3) is 0 Å². The van der Waals surface area contributed by atoms with E-state index in [1.54, 1.807) is 0 Å². The minimum Gasteiger partial charge on any atom is -0.467 e. The van der Waals surface area contributed by atoms with Crippen molar-refractivity contribution < 1.29 is 19.1 Å². The van der Waals surface area contributed by atoms with Gasteiger partial charge in [0.1, 0.15) is 12.6 Å². The third kappa shape index (κ3) is 5.44. The van der Waals surface area contributed by atoms with Crippen molar-refractivity contribution in [3.8, 4) is 12.3 Å². The minimum atomic E-state index is -0.792. The molecule has 0 unspecified atom stereocenters. The third-order valence-electron chi connectivity index (χ3n) is 2.57. The largest absolute Gasteiger partial charge is 0.467 e. The van der Waals surface area contributed by atoms with Gasteiger partial charge in [0.15, 0.2) is 0 Å². The molecule has 1 atom stereocenters.